The van der Waals surface area contributed by atoms with E-state index in [1.165, 1.54) is 4.88 Å². The first-order chi connectivity index (χ1) is 8.65. The molecule has 0 bridgehead atoms. The molecular weight excluding hydrogens is 248 g/mol. The Kier molecular flexibility index (Phi) is 6.93. The molecule has 0 aliphatic rings. The number of hydrogen-bond donors (Lipinski definition) is 1. The topological polar surface area (TPSA) is 43.8 Å². The van der Waals surface area contributed by atoms with Gasteiger partial charge in [-0.05, 0) is 24.5 Å². The number of nitrogens with zero attached hydrogens (tertiary/aromatic N) is 2. The largest absolute Gasteiger partial charge is 0.480 e. The minimum absolute atomic E-state index is 0.110. The van der Waals surface area contributed by atoms with E-state index in [0.29, 0.717) is 0 Å². The van der Waals surface area contributed by atoms with Crippen molar-refractivity contribution in [2.75, 3.05) is 32.7 Å². The standard InChI is InChI=1S/C13H22N2O2S/c1-3-14(4-2)7-8-15(11-13(16)17)10-12-6-5-9-18-12/h5-6,9H,3-4,7-8,10-11H2,1-2H3,(H,16,17). The maximum atomic E-state index is 10.9. The van der Waals surface area contributed by atoms with Crippen LogP contribution in [0.4, 0.5) is 0 Å². The van der Waals surface area contributed by atoms with Crippen molar-refractivity contribution in [1.29, 1.82) is 0 Å². The number of hydrogen-bond acceptors (Lipinski definition) is 4. The van der Waals surface area contributed by atoms with Crippen LogP contribution in [0.15, 0.2) is 17.5 Å². The SMILES string of the molecule is CCN(CC)CCN(CC(=O)O)Cc1cccs1. The molecule has 0 aromatic carbocycles. The fraction of sp³-hybridized carbons (Fsp3) is 0.615. The Bertz CT molecular complexity index is 337. The Labute approximate surface area is 113 Å². The van der Waals surface area contributed by atoms with Crippen LogP contribution < -0.4 is 0 Å². The zero-order chi connectivity index (χ0) is 13.4. The summed E-state index contributed by atoms with van der Waals surface area (Å²) in [7, 11) is 0. The van der Waals surface area contributed by atoms with Gasteiger partial charge < -0.3 is 10.0 Å². The summed E-state index contributed by atoms with van der Waals surface area (Å²) >= 11 is 1.68. The molecule has 1 aromatic rings. The Hall–Kier alpha value is -0.910. The van der Waals surface area contributed by atoms with Gasteiger partial charge in [0.15, 0.2) is 0 Å². The van der Waals surface area contributed by atoms with E-state index in [4.69, 9.17) is 5.11 Å². The van der Waals surface area contributed by atoms with Gasteiger partial charge in [-0.15, -0.1) is 11.3 Å². The molecule has 0 amide bonds. The molecule has 0 saturated carbocycles. The Morgan fingerprint density at radius 1 is 1.28 bits per heavy atom. The van der Waals surface area contributed by atoms with E-state index in [1.807, 2.05) is 16.3 Å². The van der Waals surface area contributed by atoms with Crippen molar-refractivity contribution in [3.05, 3.63) is 22.4 Å². The lowest BCUT2D eigenvalue weighted by molar-refractivity contribution is -0.138. The Balaban J connectivity index is 2.47. The summed E-state index contributed by atoms with van der Waals surface area (Å²) in [5.41, 5.74) is 0. The van der Waals surface area contributed by atoms with Crippen molar-refractivity contribution in [1.82, 2.24) is 9.80 Å². The molecule has 5 heteroatoms. The second-order valence-corrected chi connectivity index (χ2v) is 5.24. The van der Waals surface area contributed by atoms with E-state index in [0.717, 1.165) is 32.7 Å². The molecule has 0 atom stereocenters. The zero-order valence-corrected chi connectivity index (χ0v) is 11.9. The summed E-state index contributed by atoms with van der Waals surface area (Å²) in [6.45, 7) is 8.84. The van der Waals surface area contributed by atoms with Crippen LogP contribution in [0.2, 0.25) is 0 Å². The van der Waals surface area contributed by atoms with Crippen LogP contribution in [0.3, 0.4) is 0 Å². The highest BCUT2D eigenvalue weighted by molar-refractivity contribution is 7.09. The third-order valence-electron chi connectivity index (χ3n) is 2.95. The molecule has 0 spiro atoms. The molecule has 1 aromatic heterocycles. The van der Waals surface area contributed by atoms with Crippen LogP contribution in [-0.4, -0.2) is 53.6 Å². The third-order valence-corrected chi connectivity index (χ3v) is 3.81. The molecule has 18 heavy (non-hydrogen) atoms. The van der Waals surface area contributed by atoms with Crippen LogP contribution in [0, 0.1) is 0 Å². The third kappa shape index (κ3) is 5.62. The van der Waals surface area contributed by atoms with E-state index in [2.05, 4.69) is 24.8 Å². The highest BCUT2D eigenvalue weighted by Gasteiger charge is 2.12. The lowest BCUT2D eigenvalue weighted by atomic mass is 10.3. The number of carboxylic acids is 1. The predicted molar refractivity (Wildman–Crippen MR) is 75.0 cm³/mol. The molecule has 1 N–H and O–H groups in total. The van der Waals surface area contributed by atoms with Gasteiger partial charge in [-0.3, -0.25) is 9.69 Å². The van der Waals surface area contributed by atoms with Crippen molar-refractivity contribution in [3.8, 4) is 0 Å². The molecule has 0 unspecified atom stereocenters. The van der Waals surface area contributed by atoms with Crippen molar-refractivity contribution >= 4 is 17.3 Å². The summed E-state index contributed by atoms with van der Waals surface area (Å²) in [5.74, 6) is -0.758. The average molecular weight is 270 g/mol. The number of carboxylic acid groups (broad SMARTS) is 1. The lowest BCUT2D eigenvalue weighted by Gasteiger charge is -2.24. The normalized spacial score (nSPS) is 11.3. The first-order valence-electron chi connectivity index (χ1n) is 6.34. The molecule has 0 aliphatic carbocycles. The van der Waals surface area contributed by atoms with E-state index >= 15 is 0 Å². The fourth-order valence-corrected chi connectivity index (χ4v) is 2.60. The predicted octanol–water partition coefficient (Wildman–Crippen LogP) is 1.98. The maximum Gasteiger partial charge on any atom is 0.317 e. The second-order valence-electron chi connectivity index (χ2n) is 4.21. The quantitative estimate of drug-likeness (QED) is 0.745. The van der Waals surface area contributed by atoms with Crippen molar-refractivity contribution in [2.24, 2.45) is 0 Å². The molecule has 4 nitrogen and oxygen atoms in total. The van der Waals surface area contributed by atoms with Gasteiger partial charge in [-0.2, -0.15) is 0 Å². The average Bonchev–Trinajstić information content (AvgIpc) is 2.82. The van der Waals surface area contributed by atoms with Crippen LogP contribution in [-0.2, 0) is 11.3 Å². The van der Waals surface area contributed by atoms with Crippen LogP contribution in [0.25, 0.3) is 0 Å². The minimum atomic E-state index is -0.758. The van der Waals surface area contributed by atoms with Crippen LogP contribution in [0.1, 0.15) is 18.7 Å². The van der Waals surface area contributed by atoms with Gasteiger partial charge in [-0.25, -0.2) is 0 Å². The maximum absolute atomic E-state index is 10.9. The monoisotopic (exact) mass is 270 g/mol. The lowest BCUT2D eigenvalue weighted by Crippen LogP contribution is -2.37. The van der Waals surface area contributed by atoms with Gasteiger partial charge in [0.2, 0.25) is 0 Å². The van der Waals surface area contributed by atoms with Gasteiger partial charge in [0, 0.05) is 24.5 Å². The van der Waals surface area contributed by atoms with Crippen molar-refractivity contribution < 1.29 is 9.90 Å². The molecule has 0 radical (unpaired) electrons. The molecule has 0 aliphatic heterocycles. The van der Waals surface area contributed by atoms with Gasteiger partial charge in [-0.1, -0.05) is 19.9 Å². The summed E-state index contributed by atoms with van der Waals surface area (Å²) in [6.07, 6.45) is 0. The number of aliphatic carboxylic acids is 1. The van der Waals surface area contributed by atoms with Gasteiger partial charge in [0.05, 0.1) is 6.54 Å². The van der Waals surface area contributed by atoms with Gasteiger partial charge >= 0.3 is 5.97 Å². The molecule has 1 heterocycles. The Morgan fingerprint density at radius 2 is 1.94 bits per heavy atom. The fourth-order valence-electron chi connectivity index (χ4n) is 1.85. The molecule has 0 saturated heterocycles. The first-order valence-corrected chi connectivity index (χ1v) is 7.22. The van der Waals surface area contributed by atoms with Gasteiger partial charge in [0.25, 0.3) is 0 Å². The second kappa shape index (κ2) is 8.24. The van der Waals surface area contributed by atoms with Crippen LogP contribution >= 0.6 is 11.3 Å². The molecular formula is C13H22N2O2S. The van der Waals surface area contributed by atoms with Crippen LogP contribution in [0.5, 0.6) is 0 Å². The first kappa shape index (κ1) is 15.1. The number of thiophene rings is 1. The zero-order valence-electron chi connectivity index (χ0n) is 11.1. The Morgan fingerprint density at radius 3 is 2.44 bits per heavy atom. The highest BCUT2D eigenvalue weighted by Crippen LogP contribution is 2.11. The van der Waals surface area contributed by atoms with E-state index in [-0.39, 0.29) is 6.54 Å². The minimum Gasteiger partial charge on any atom is -0.480 e. The molecule has 102 valence electrons. The van der Waals surface area contributed by atoms with E-state index in [9.17, 15) is 4.79 Å². The highest BCUT2D eigenvalue weighted by atomic mass is 32.1. The smallest absolute Gasteiger partial charge is 0.317 e. The number of rotatable bonds is 9. The summed E-state index contributed by atoms with van der Waals surface area (Å²) < 4.78 is 0. The van der Waals surface area contributed by atoms with Gasteiger partial charge in [0.1, 0.15) is 0 Å². The summed E-state index contributed by atoms with van der Waals surface area (Å²) in [4.78, 5) is 16.4. The van der Waals surface area contributed by atoms with Crippen molar-refractivity contribution in [2.45, 2.75) is 20.4 Å². The number of carbonyl (C=O) groups is 1. The van der Waals surface area contributed by atoms with E-state index in [1.54, 1.807) is 11.3 Å². The number of likely N-dealkylation sites (N-methyl/N-ethyl adjacent to an activating group) is 1. The van der Waals surface area contributed by atoms with E-state index < -0.39 is 5.97 Å². The summed E-state index contributed by atoms with van der Waals surface area (Å²) in [6, 6.07) is 4.06. The summed E-state index contributed by atoms with van der Waals surface area (Å²) in [5, 5.41) is 11.0. The van der Waals surface area contributed by atoms with Crippen molar-refractivity contribution in [3.63, 3.8) is 0 Å². The molecule has 0 fully saturated rings. The molecule has 1 rings (SSSR count).